The summed E-state index contributed by atoms with van der Waals surface area (Å²) in [5.41, 5.74) is 1.75. The molecule has 8 heteroatoms. The van der Waals surface area contributed by atoms with Gasteiger partial charge < -0.3 is 24.8 Å². The predicted molar refractivity (Wildman–Crippen MR) is 103 cm³/mol. The molecular formula is C19H22ClN3O4. The number of methoxy groups -OCH3 is 2. The molecule has 27 heavy (non-hydrogen) atoms. The molecule has 1 amide bonds. The summed E-state index contributed by atoms with van der Waals surface area (Å²) in [7, 11) is 3.09. The number of rotatable bonds is 7. The fraction of sp³-hybridized carbons (Fsp3) is 0.368. The van der Waals surface area contributed by atoms with Crippen molar-refractivity contribution in [1.29, 1.82) is 0 Å². The van der Waals surface area contributed by atoms with E-state index < -0.39 is 0 Å². The van der Waals surface area contributed by atoms with Gasteiger partial charge in [-0.05, 0) is 18.9 Å². The van der Waals surface area contributed by atoms with Crippen molar-refractivity contribution in [2.45, 2.75) is 18.9 Å². The van der Waals surface area contributed by atoms with E-state index in [0.29, 0.717) is 40.0 Å². The topological polar surface area (TPSA) is 81.7 Å². The summed E-state index contributed by atoms with van der Waals surface area (Å²) in [5.74, 6) is 0.870. The van der Waals surface area contributed by atoms with E-state index in [1.165, 1.54) is 13.3 Å². The highest BCUT2D eigenvalue weighted by atomic mass is 35.5. The zero-order chi connectivity index (χ0) is 19.2. The zero-order valence-corrected chi connectivity index (χ0v) is 16.0. The summed E-state index contributed by atoms with van der Waals surface area (Å²) >= 11 is 6.13. The second kappa shape index (κ2) is 8.92. The van der Waals surface area contributed by atoms with Crippen molar-refractivity contribution in [1.82, 2.24) is 10.3 Å². The smallest absolute Gasteiger partial charge is 0.253 e. The van der Waals surface area contributed by atoms with Crippen LogP contribution in [0, 0.1) is 0 Å². The van der Waals surface area contributed by atoms with Crippen molar-refractivity contribution < 1.29 is 19.0 Å². The second-order valence-electron chi connectivity index (χ2n) is 6.12. The minimum absolute atomic E-state index is 0.0917. The van der Waals surface area contributed by atoms with Crippen molar-refractivity contribution in [3.8, 4) is 11.5 Å². The van der Waals surface area contributed by atoms with Gasteiger partial charge in [0.2, 0.25) is 0 Å². The van der Waals surface area contributed by atoms with Gasteiger partial charge in [-0.25, -0.2) is 0 Å². The molecule has 2 heterocycles. The molecule has 1 aromatic heterocycles. The molecule has 2 N–H and O–H groups in total. The Morgan fingerprint density at radius 1 is 1.26 bits per heavy atom. The number of aromatic nitrogens is 1. The number of pyridine rings is 1. The van der Waals surface area contributed by atoms with Gasteiger partial charge >= 0.3 is 0 Å². The van der Waals surface area contributed by atoms with Crippen LogP contribution in [0.15, 0.2) is 30.6 Å². The highest BCUT2D eigenvalue weighted by Crippen LogP contribution is 2.37. The fourth-order valence-corrected chi connectivity index (χ4v) is 3.09. The van der Waals surface area contributed by atoms with E-state index in [0.717, 1.165) is 19.4 Å². The van der Waals surface area contributed by atoms with E-state index in [4.69, 9.17) is 25.8 Å². The number of halogens is 1. The minimum atomic E-state index is -0.192. The van der Waals surface area contributed by atoms with Crippen LogP contribution in [0.1, 0.15) is 23.2 Å². The van der Waals surface area contributed by atoms with Crippen LogP contribution in [0.3, 0.4) is 0 Å². The molecule has 1 fully saturated rings. The number of nitrogens with one attached hydrogen (secondary N) is 2. The summed E-state index contributed by atoms with van der Waals surface area (Å²) in [6.45, 7) is 1.26. The molecular weight excluding hydrogens is 370 g/mol. The summed E-state index contributed by atoms with van der Waals surface area (Å²) < 4.78 is 16.1. The van der Waals surface area contributed by atoms with E-state index in [1.807, 2.05) is 0 Å². The van der Waals surface area contributed by atoms with Crippen LogP contribution in [0.25, 0.3) is 0 Å². The SMILES string of the molecule is COc1cc(Nc2cncc(C(=O)NCC3CCCO3)c2)c(OC)cc1Cl. The molecule has 0 bridgehead atoms. The number of carbonyl (C=O) groups excluding carboxylic acids is 1. The lowest BCUT2D eigenvalue weighted by Gasteiger charge is -2.14. The van der Waals surface area contributed by atoms with Gasteiger partial charge in [0.25, 0.3) is 5.91 Å². The van der Waals surface area contributed by atoms with Gasteiger partial charge in [-0.3, -0.25) is 9.78 Å². The summed E-state index contributed by atoms with van der Waals surface area (Å²) in [5, 5.41) is 6.52. The van der Waals surface area contributed by atoms with E-state index in [1.54, 1.807) is 31.5 Å². The van der Waals surface area contributed by atoms with Crippen LogP contribution in [-0.4, -0.2) is 44.4 Å². The largest absolute Gasteiger partial charge is 0.495 e. The Kier molecular flexibility index (Phi) is 6.36. The zero-order valence-electron chi connectivity index (χ0n) is 15.3. The predicted octanol–water partition coefficient (Wildman–Crippen LogP) is 3.40. The highest BCUT2D eigenvalue weighted by Gasteiger charge is 2.17. The number of benzene rings is 1. The molecule has 1 atom stereocenters. The van der Waals surface area contributed by atoms with Gasteiger partial charge in [0.05, 0.1) is 48.5 Å². The molecule has 0 saturated carbocycles. The van der Waals surface area contributed by atoms with Gasteiger partial charge in [0.1, 0.15) is 11.5 Å². The molecule has 7 nitrogen and oxygen atoms in total. The molecule has 3 rings (SSSR count). The summed E-state index contributed by atoms with van der Waals surface area (Å²) in [6, 6.07) is 5.11. The van der Waals surface area contributed by atoms with Crippen LogP contribution in [0.4, 0.5) is 11.4 Å². The Balaban J connectivity index is 1.72. The van der Waals surface area contributed by atoms with Crippen LogP contribution in [-0.2, 0) is 4.74 Å². The molecule has 1 saturated heterocycles. The van der Waals surface area contributed by atoms with Crippen LogP contribution in [0.5, 0.6) is 11.5 Å². The lowest BCUT2D eigenvalue weighted by atomic mass is 10.2. The Labute approximate surface area is 163 Å². The van der Waals surface area contributed by atoms with Crippen molar-refractivity contribution >= 4 is 28.9 Å². The summed E-state index contributed by atoms with van der Waals surface area (Å²) in [4.78, 5) is 16.5. The number of hydrogen-bond acceptors (Lipinski definition) is 6. The average molecular weight is 392 g/mol. The second-order valence-corrected chi connectivity index (χ2v) is 6.53. The third-order valence-corrected chi connectivity index (χ3v) is 4.56. The number of anilines is 2. The molecule has 0 radical (unpaired) electrons. The van der Waals surface area contributed by atoms with E-state index in [2.05, 4.69) is 15.6 Å². The molecule has 1 aliphatic rings. The molecule has 1 aliphatic heterocycles. The average Bonchev–Trinajstić information content (AvgIpc) is 3.21. The van der Waals surface area contributed by atoms with E-state index in [9.17, 15) is 4.79 Å². The van der Waals surface area contributed by atoms with Gasteiger partial charge in [-0.2, -0.15) is 0 Å². The van der Waals surface area contributed by atoms with Crippen LogP contribution in [0.2, 0.25) is 5.02 Å². The molecule has 0 spiro atoms. The number of nitrogens with zero attached hydrogens (tertiary/aromatic N) is 1. The maximum atomic E-state index is 12.4. The first-order valence-electron chi connectivity index (χ1n) is 8.64. The number of carbonyl (C=O) groups is 1. The van der Waals surface area contributed by atoms with E-state index in [-0.39, 0.29) is 12.0 Å². The van der Waals surface area contributed by atoms with E-state index >= 15 is 0 Å². The first-order chi connectivity index (χ1) is 13.1. The number of ether oxygens (including phenoxy) is 3. The minimum Gasteiger partial charge on any atom is -0.495 e. The third-order valence-electron chi connectivity index (χ3n) is 4.27. The molecule has 1 unspecified atom stereocenters. The maximum absolute atomic E-state index is 12.4. The molecule has 1 aromatic carbocycles. The third kappa shape index (κ3) is 4.81. The fourth-order valence-electron chi connectivity index (χ4n) is 2.86. The maximum Gasteiger partial charge on any atom is 0.253 e. The standard InChI is InChI=1S/C19H22ClN3O4/c1-25-17-8-16(18(26-2)7-15(17)20)23-13-6-12(9-21-10-13)19(24)22-11-14-4-3-5-27-14/h6-10,14,23H,3-5,11H2,1-2H3,(H,22,24). The Morgan fingerprint density at radius 2 is 2.07 bits per heavy atom. The number of hydrogen-bond donors (Lipinski definition) is 2. The van der Waals surface area contributed by atoms with Crippen molar-refractivity contribution in [2.24, 2.45) is 0 Å². The van der Waals surface area contributed by atoms with Crippen LogP contribution < -0.4 is 20.1 Å². The monoisotopic (exact) mass is 391 g/mol. The normalized spacial score (nSPS) is 16.0. The summed E-state index contributed by atoms with van der Waals surface area (Å²) in [6.07, 6.45) is 5.24. The Bertz CT molecular complexity index is 810. The van der Waals surface area contributed by atoms with Gasteiger partial charge in [-0.15, -0.1) is 0 Å². The van der Waals surface area contributed by atoms with Gasteiger partial charge in [0, 0.05) is 31.5 Å². The van der Waals surface area contributed by atoms with Crippen molar-refractivity contribution in [3.05, 3.63) is 41.2 Å². The quantitative estimate of drug-likeness (QED) is 0.752. The van der Waals surface area contributed by atoms with Crippen molar-refractivity contribution in [2.75, 3.05) is 32.7 Å². The van der Waals surface area contributed by atoms with Gasteiger partial charge in [-0.1, -0.05) is 11.6 Å². The van der Waals surface area contributed by atoms with Crippen LogP contribution >= 0.6 is 11.6 Å². The molecule has 144 valence electrons. The first-order valence-corrected chi connectivity index (χ1v) is 9.02. The van der Waals surface area contributed by atoms with Gasteiger partial charge in [0.15, 0.2) is 0 Å². The number of amides is 1. The highest BCUT2D eigenvalue weighted by molar-refractivity contribution is 6.32. The van der Waals surface area contributed by atoms with Crippen molar-refractivity contribution in [3.63, 3.8) is 0 Å². The lowest BCUT2D eigenvalue weighted by molar-refractivity contribution is 0.0857. The lowest BCUT2D eigenvalue weighted by Crippen LogP contribution is -2.31. The first kappa shape index (κ1) is 19.3. The Morgan fingerprint density at radius 3 is 2.78 bits per heavy atom. The molecule has 0 aliphatic carbocycles. The molecule has 2 aromatic rings. The Hall–Kier alpha value is -2.51.